The van der Waals surface area contributed by atoms with Crippen molar-refractivity contribution >= 4 is 26.5 Å². The highest BCUT2D eigenvalue weighted by Gasteiger charge is 1.93. The van der Waals surface area contributed by atoms with E-state index in [-0.39, 0.29) is 0 Å². The second-order valence-electron chi connectivity index (χ2n) is 2.53. The number of hydrogen-bond acceptors (Lipinski definition) is 2. The number of alkyl halides is 1. The van der Waals surface area contributed by atoms with Crippen molar-refractivity contribution in [1.29, 1.82) is 0 Å². The third-order valence-electron chi connectivity index (χ3n) is 1.58. The van der Waals surface area contributed by atoms with Gasteiger partial charge in [0, 0.05) is 16.8 Å². The van der Waals surface area contributed by atoms with Crippen molar-refractivity contribution in [1.82, 2.24) is 0 Å². The molecular weight excluding hydrogens is 250 g/mol. The molecule has 0 aromatic heterocycles. The summed E-state index contributed by atoms with van der Waals surface area (Å²) in [6.07, 6.45) is 0. The molecule has 0 heterocycles. The molecule has 0 aliphatic heterocycles. The Labute approximate surface area is 88.7 Å². The highest BCUT2D eigenvalue weighted by molar-refractivity contribution is 9.08. The van der Waals surface area contributed by atoms with E-state index in [1.165, 1.54) is 5.56 Å². The van der Waals surface area contributed by atoms with Gasteiger partial charge in [-0.1, -0.05) is 28.1 Å². The maximum absolute atomic E-state index is 11.4. The normalized spacial score (nSPS) is 13.1. The molecule has 0 spiro atoms. The molecule has 0 radical (unpaired) electrons. The second kappa shape index (κ2) is 5.40. The van der Waals surface area contributed by atoms with E-state index in [2.05, 4.69) is 20.3 Å². The molecule has 0 saturated carbocycles. The summed E-state index contributed by atoms with van der Waals surface area (Å²) in [5, 5.41) is 0.828. The van der Waals surface area contributed by atoms with Crippen molar-refractivity contribution in [2.45, 2.75) is 17.1 Å². The maximum atomic E-state index is 11.4. The first-order valence-electron chi connectivity index (χ1n) is 4.07. The molecule has 0 saturated heterocycles. The number of halogens is 1. The SMILES string of the molecule is CC/N=[SH](=O)/c1ccc(CBr)cc1. The summed E-state index contributed by atoms with van der Waals surface area (Å²) in [5.74, 6) is 0. The molecule has 1 atom stereocenters. The zero-order valence-corrected chi connectivity index (χ0v) is 9.88. The third kappa shape index (κ3) is 3.12. The van der Waals surface area contributed by atoms with Crippen molar-refractivity contribution < 1.29 is 4.21 Å². The Kier molecular flexibility index (Phi) is 4.45. The number of nitrogens with zero attached hydrogens (tertiary/aromatic N) is 1. The van der Waals surface area contributed by atoms with Crippen LogP contribution in [0.5, 0.6) is 0 Å². The fourth-order valence-electron chi connectivity index (χ4n) is 0.923. The first-order valence-corrected chi connectivity index (χ1v) is 6.41. The zero-order chi connectivity index (χ0) is 9.68. The maximum Gasteiger partial charge on any atom is 0.0642 e. The van der Waals surface area contributed by atoms with Crippen LogP contribution in [0.4, 0.5) is 0 Å². The topological polar surface area (TPSA) is 29.4 Å². The summed E-state index contributed by atoms with van der Waals surface area (Å²) in [6, 6.07) is 7.66. The molecule has 13 heavy (non-hydrogen) atoms. The molecule has 4 heteroatoms. The summed E-state index contributed by atoms with van der Waals surface area (Å²) < 4.78 is 15.4. The van der Waals surface area contributed by atoms with Crippen LogP contribution in [0, 0.1) is 0 Å². The minimum absolute atomic E-state index is 0.607. The second-order valence-corrected chi connectivity index (χ2v) is 4.44. The molecule has 2 nitrogen and oxygen atoms in total. The average molecular weight is 262 g/mol. The quantitative estimate of drug-likeness (QED) is 0.658. The van der Waals surface area contributed by atoms with E-state index in [9.17, 15) is 4.21 Å². The largest absolute Gasteiger partial charge is 0.248 e. The van der Waals surface area contributed by atoms with E-state index in [1.54, 1.807) is 0 Å². The lowest BCUT2D eigenvalue weighted by Gasteiger charge is -1.96. The lowest BCUT2D eigenvalue weighted by Crippen LogP contribution is -1.83. The molecule has 0 N–H and O–H groups in total. The van der Waals surface area contributed by atoms with E-state index < -0.39 is 10.6 Å². The summed E-state index contributed by atoms with van der Waals surface area (Å²) >= 11 is 3.35. The van der Waals surface area contributed by atoms with E-state index in [1.807, 2.05) is 31.2 Å². The smallest absolute Gasteiger partial charge is 0.0642 e. The van der Waals surface area contributed by atoms with Gasteiger partial charge >= 0.3 is 0 Å². The van der Waals surface area contributed by atoms with E-state index in [0.29, 0.717) is 6.54 Å². The fraction of sp³-hybridized carbons (Fsp3) is 0.333. The first-order chi connectivity index (χ1) is 6.27. The van der Waals surface area contributed by atoms with E-state index in [0.717, 1.165) is 10.2 Å². The van der Waals surface area contributed by atoms with Crippen LogP contribution in [-0.2, 0) is 15.9 Å². The molecule has 0 fully saturated rings. The number of rotatable bonds is 3. The standard InChI is InChI=1S/C9H12BrNOS/c1-2-11-13(12)9-5-3-8(7-10)4-6-9/h3-6,13H,2,7H2,1H3. The monoisotopic (exact) mass is 261 g/mol. The summed E-state index contributed by atoms with van der Waals surface area (Å²) in [5.41, 5.74) is 1.18. The lowest BCUT2D eigenvalue weighted by molar-refractivity contribution is 0.687. The Morgan fingerprint density at radius 2 is 2.00 bits per heavy atom. The summed E-state index contributed by atoms with van der Waals surface area (Å²) in [6.45, 7) is 2.50. The fourth-order valence-corrected chi connectivity index (χ4v) is 2.12. The van der Waals surface area contributed by atoms with E-state index >= 15 is 0 Å². The zero-order valence-electron chi connectivity index (χ0n) is 7.40. The van der Waals surface area contributed by atoms with Crippen molar-refractivity contribution in [2.75, 3.05) is 6.54 Å². The highest BCUT2D eigenvalue weighted by Crippen LogP contribution is 2.09. The predicted octanol–water partition coefficient (Wildman–Crippen LogP) is 2.62. The average Bonchev–Trinajstić information content (AvgIpc) is 2.18. The number of hydrogen-bond donors (Lipinski definition) is 1. The molecule has 0 amide bonds. The Bertz CT molecular complexity index is 341. The molecule has 0 bridgehead atoms. The van der Waals surface area contributed by atoms with E-state index in [4.69, 9.17) is 0 Å². The van der Waals surface area contributed by atoms with Crippen molar-refractivity contribution in [2.24, 2.45) is 4.36 Å². The first kappa shape index (κ1) is 10.7. The van der Waals surface area contributed by atoms with Gasteiger partial charge in [0.1, 0.15) is 0 Å². The van der Waals surface area contributed by atoms with Crippen molar-refractivity contribution in [3.05, 3.63) is 29.8 Å². The predicted molar refractivity (Wildman–Crippen MR) is 59.8 cm³/mol. The van der Waals surface area contributed by atoms with Gasteiger partial charge < -0.3 is 0 Å². The molecule has 0 aliphatic carbocycles. The Morgan fingerprint density at radius 1 is 1.38 bits per heavy atom. The molecule has 1 aromatic carbocycles. The van der Waals surface area contributed by atoms with Gasteiger partial charge in [-0.3, -0.25) is 0 Å². The number of benzene rings is 1. The van der Waals surface area contributed by atoms with Crippen LogP contribution in [0.25, 0.3) is 0 Å². The van der Waals surface area contributed by atoms with Crippen LogP contribution in [0.15, 0.2) is 33.5 Å². The van der Waals surface area contributed by atoms with Crippen LogP contribution in [0.1, 0.15) is 12.5 Å². The van der Waals surface area contributed by atoms with Gasteiger partial charge in [0.15, 0.2) is 0 Å². The van der Waals surface area contributed by atoms with Gasteiger partial charge in [0.2, 0.25) is 0 Å². The van der Waals surface area contributed by atoms with Crippen LogP contribution in [0.3, 0.4) is 0 Å². The van der Waals surface area contributed by atoms with Crippen LogP contribution in [-0.4, -0.2) is 10.8 Å². The van der Waals surface area contributed by atoms with Crippen LogP contribution < -0.4 is 0 Å². The summed E-state index contributed by atoms with van der Waals surface area (Å²) in [7, 11) is -1.53. The van der Waals surface area contributed by atoms with Crippen molar-refractivity contribution in [3.63, 3.8) is 0 Å². The van der Waals surface area contributed by atoms with Gasteiger partial charge in [-0.25, -0.2) is 8.57 Å². The van der Waals surface area contributed by atoms with Gasteiger partial charge in [-0.15, -0.1) is 0 Å². The molecule has 1 unspecified atom stereocenters. The van der Waals surface area contributed by atoms with Crippen LogP contribution in [0.2, 0.25) is 0 Å². The van der Waals surface area contributed by atoms with Gasteiger partial charge in [-0.2, -0.15) is 0 Å². The molecular formula is C9H12BrNOS. The van der Waals surface area contributed by atoms with Gasteiger partial charge in [0.05, 0.1) is 10.6 Å². The Morgan fingerprint density at radius 3 is 2.46 bits per heavy atom. The van der Waals surface area contributed by atoms with Crippen LogP contribution >= 0.6 is 15.9 Å². The Balaban J connectivity index is 2.92. The van der Waals surface area contributed by atoms with Crippen molar-refractivity contribution in [3.8, 4) is 0 Å². The molecule has 0 aliphatic rings. The minimum Gasteiger partial charge on any atom is -0.248 e. The molecule has 1 aromatic rings. The minimum atomic E-state index is -1.53. The summed E-state index contributed by atoms with van der Waals surface area (Å²) in [4.78, 5) is 0.807. The Hall–Kier alpha value is -0.350. The molecule has 72 valence electrons. The lowest BCUT2D eigenvalue weighted by atomic mass is 10.2. The third-order valence-corrected chi connectivity index (χ3v) is 3.51. The van der Waals surface area contributed by atoms with Gasteiger partial charge in [-0.05, 0) is 24.6 Å². The van der Waals surface area contributed by atoms with Gasteiger partial charge in [0.25, 0.3) is 0 Å². The molecule has 1 rings (SSSR count). The number of thiol groups is 1. The highest BCUT2D eigenvalue weighted by atomic mass is 79.9.